The van der Waals surface area contributed by atoms with E-state index in [9.17, 15) is 4.79 Å². The Labute approximate surface area is 95.9 Å². The molecule has 84 valence electrons. The summed E-state index contributed by atoms with van der Waals surface area (Å²) < 4.78 is 0. The fourth-order valence-electron chi connectivity index (χ4n) is 1.47. The van der Waals surface area contributed by atoms with Gasteiger partial charge in [0.15, 0.2) is 0 Å². The molecule has 0 aliphatic heterocycles. The van der Waals surface area contributed by atoms with E-state index in [-0.39, 0.29) is 11.5 Å². The summed E-state index contributed by atoms with van der Waals surface area (Å²) in [5, 5.41) is 8.81. The van der Waals surface area contributed by atoms with E-state index in [0.717, 1.165) is 11.1 Å². The van der Waals surface area contributed by atoms with E-state index in [1.165, 1.54) is 0 Å². The second kappa shape index (κ2) is 5.31. The fraction of sp³-hybridized carbons (Fsp3) is 0.214. The molecule has 0 fully saturated rings. The number of carboxylic acids is 1. The topological polar surface area (TPSA) is 37.3 Å². The Morgan fingerprint density at radius 1 is 1.38 bits per heavy atom. The second-order valence-corrected chi connectivity index (χ2v) is 3.83. The van der Waals surface area contributed by atoms with Gasteiger partial charge in [0.2, 0.25) is 0 Å². The first-order valence-electron chi connectivity index (χ1n) is 5.18. The lowest BCUT2D eigenvalue weighted by Gasteiger charge is -2.08. The van der Waals surface area contributed by atoms with Gasteiger partial charge in [0, 0.05) is 11.5 Å². The number of aliphatic carboxylic acids is 1. The second-order valence-electron chi connectivity index (χ2n) is 3.83. The van der Waals surface area contributed by atoms with Gasteiger partial charge in [-0.05, 0) is 18.1 Å². The lowest BCUT2D eigenvalue weighted by Crippen LogP contribution is -2.06. The Kier molecular flexibility index (Phi) is 4.06. The van der Waals surface area contributed by atoms with Gasteiger partial charge in [-0.3, -0.25) is 0 Å². The molecular formula is C14H16O2. The standard InChI is InChI=1S/C14H16O2/c1-10(12(3)14(15)16)9-11(2)13-7-5-4-6-8-13/h4-10H,3H2,1-2H3,(H,15,16). The van der Waals surface area contributed by atoms with Crippen LogP contribution in [0.5, 0.6) is 0 Å². The summed E-state index contributed by atoms with van der Waals surface area (Å²) in [6.07, 6.45) is 1.92. The van der Waals surface area contributed by atoms with Crippen LogP contribution >= 0.6 is 0 Å². The van der Waals surface area contributed by atoms with Crippen LogP contribution in [0.4, 0.5) is 0 Å². The van der Waals surface area contributed by atoms with E-state index in [4.69, 9.17) is 5.11 Å². The highest BCUT2D eigenvalue weighted by Crippen LogP contribution is 2.19. The van der Waals surface area contributed by atoms with Crippen LogP contribution in [0.25, 0.3) is 5.57 Å². The van der Waals surface area contributed by atoms with E-state index in [1.807, 2.05) is 50.3 Å². The summed E-state index contributed by atoms with van der Waals surface area (Å²) in [4.78, 5) is 10.7. The molecule has 0 bridgehead atoms. The van der Waals surface area contributed by atoms with E-state index in [1.54, 1.807) is 0 Å². The van der Waals surface area contributed by atoms with Gasteiger partial charge in [0.05, 0.1) is 0 Å². The van der Waals surface area contributed by atoms with Crippen LogP contribution in [0.15, 0.2) is 48.6 Å². The van der Waals surface area contributed by atoms with E-state index in [0.29, 0.717) is 0 Å². The Morgan fingerprint density at radius 2 is 1.94 bits per heavy atom. The molecule has 1 unspecified atom stereocenters. The molecule has 0 radical (unpaired) electrons. The maximum absolute atomic E-state index is 10.7. The average molecular weight is 216 g/mol. The van der Waals surface area contributed by atoms with Gasteiger partial charge in [-0.2, -0.15) is 0 Å². The van der Waals surface area contributed by atoms with E-state index >= 15 is 0 Å². The Balaban J connectivity index is 2.86. The van der Waals surface area contributed by atoms with E-state index in [2.05, 4.69) is 6.58 Å². The number of rotatable bonds is 4. The molecule has 1 atom stereocenters. The fourth-order valence-corrected chi connectivity index (χ4v) is 1.47. The molecule has 1 N–H and O–H groups in total. The van der Waals surface area contributed by atoms with Gasteiger partial charge < -0.3 is 5.11 Å². The van der Waals surface area contributed by atoms with Crippen LogP contribution in [0.2, 0.25) is 0 Å². The van der Waals surface area contributed by atoms with Crippen LogP contribution < -0.4 is 0 Å². The molecule has 0 saturated heterocycles. The molecule has 16 heavy (non-hydrogen) atoms. The van der Waals surface area contributed by atoms with Crippen molar-refractivity contribution in [2.75, 3.05) is 0 Å². The highest BCUT2D eigenvalue weighted by Gasteiger charge is 2.11. The first-order valence-corrected chi connectivity index (χ1v) is 5.18. The molecular weight excluding hydrogens is 200 g/mol. The average Bonchev–Trinajstić information content (AvgIpc) is 2.28. The zero-order valence-electron chi connectivity index (χ0n) is 9.60. The van der Waals surface area contributed by atoms with Gasteiger partial charge in [-0.1, -0.05) is 49.9 Å². The third kappa shape index (κ3) is 3.09. The predicted molar refractivity (Wildman–Crippen MR) is 66.0 cm³/mol. The molecule has 0 amide bonds. The third-order valence-electron chi connectivity index (χ3n) is 2.55. The number of hydrogen-bond donors (Lipinski definition) is 1. The monoisotopic (exact) mass is 216 g/mol. The SMILES string of the molecule is C=C(C(=O)O)C(C)C=C(C)c1ccccc1. The highest BCUT2D eigenvalue weighted by atomic mass is 16.4. The largest absolute Gasteiger partial charge is 0.478 e. The van der Waals surface area contributed by atoms with Crippen molar-refractivity contribution in [3.05, 3.63) is 54.1 Å². The molecule has 0 aliphatic rings. The highest BCUT2D eigenvalue weighted by molar-refractivity contribution is 5.87. The summed E-state index contributed by atoms with van der Waals surface area (Å²) in [5.74, 6) is -1.10. The third-order valence-corrected chi connectivity index (χ3v) is 2.55. The smallest absolute Gasteiger partial charge is 0.331 e. The van der Waals surface area contributed by atoms with Crippen molar-refractivity contribution >= 4 is 11.5 Å². The van der Waals surface area contributed by atoms with Crippen molar-refractivity contribution < 1.29 is 9.90 Å². The maximum Gasteiger partial charge on any atom is 0.331 e. The van der Waals surface area contributed by atoms with Crippen molar-refractivity contribution in [2.24, 2.45) is 5.92 Å². The van der Waals surface area contributed by atoms with Gasteiger partial charge >= 0.3 is 5.97 Å². The molecule has 2 nitrogen and oxygen atoms in total. The normalized spacial score (nSPS) is 13.2. The van der Waals surface area contributed by atoms with Crippen LogP contribution in [0, 0.1) is 5.92 Å². The number of carboxylic acid groups (broad SMARTS) is 1. The number of benzene rings is 1. The molecule has 0 heterocycles. The van der Waals surface area contributed by atoms with Crippen molar-refractivity contribution in [3.63, 3.8) is 0 Å². The molecule has 0 aromatic heterocycles. The summed E-state index contributed by atoms with van der Waals surface area (Å²) in [6, 6.07) is 9.88. The number of hydrogen-bond acceptors (Lipinski definition) is 1. The Hall–Kier alpha value is -1.83. The quantitative estimate of drug-likeness (QED) is 0.783. The van der Waals surface area contributed by atoms with Crippen molar-refractivity contribution in [3.8, 4) is 0 Å². The summed E-state index contributed by atoms with van der Waals surface area (Å²) in [5.41, 5.74) is 2.39. The summed E-state index contributed by atoms with van der Waals surface area (Å²) in [7, 11) is 0. The first kappa shape index (κ1) is 12.2. The zero-order valence-corrected chi connectivity index (χ0v) is 9.60. The first-order chi connectivity index (χ1) is 7.52. The van der Waals surface area contributed by atoms with E-state index < -0.39 is 5.97 Å². The van der Waals surface area contributed by atoms with Crippen molar-refractivity contribution in [1.82, 2.24) is 0 Å². The maximum atomic E-state index is 10.7. The molecule has 0 saturated carbocycles. The number of allylic oxidation sites excluding steroid dienone is 2. The minimum absolute atomic E-state index is 0.155. The lowest BCUT2D eigenvalue weighted by atomic mass is 9.97. The van der Waals surface area contributed by atoms with Crippen molar-refractivity contribution in [1.29, 1.82) is 0 Å². The molecule has 0 aliphatic carbocycles. The molecule has 0 spiro atoms. The Bertz CT molecular complexity index is 416. The van der Waals surface area contributed by atoms with Gasteiger partial charge in [0.25, 0.3) is 0 Å². The number of carbonyl (C=O) groups is 1. The van der Waals surface area contributed by atoms with Crippen LogP contribution in [0.3, 0.4) is 0 Å². The van der Waals surface area contributed by atoms with Gasteiger partial charge in [-0.15, -0.1) is 0 Å². The summed E-state index contributed by atoms with van der Waals surface area (Å²) >= 11 is 0. The van der Waals surface area contributed by atoms with Gasteiger partial charge in [-0.25, -0.2) is 4.79 Å². The van der Waals surface area contributed by atoms with Crippen LogP contribution in [-0.4, -0.2) is 11.1 Å². The van der Waals surface area contributed by atoms with Crippen molar-refractivity contribution in [2.45, 2.75) is 13.8 Å². The predicted octanol–water partition coefficient (Wildman–Crippen LogP) is 3.37. The molecule has 1 aromatic carbocycles. The molecule has 1 aromatic rings. The minimum atomic E-state index is -0.940. The van der Waals surface area contributed by atoms with Gasteiger partial charge in [0.1, 0.15) is 0 Å². The zero-order chi connectivity index (χ0) is 12.1. The molecule has 2 heteroatoms. The molecule has 1 rings (SSSR count). The van der Waals surface area contributed by atoms with Crippen LogP contribution in [-0.2, 0) is 4.79 Å². The minimum Gasteiger partial charge on any atom is -0.478 e. The summed E-state index contributed by atoms with van der Waals surface area (Å²) in [6.45, 7) is 7.37. The Morgan fingerprint density at radius 3 is 2.44 bits per heavy atom. The van der Waals surface area contributed by atoms with Crippen LogP contribution in [0.1, 0.15) is 19.4 Å². The lowest BCUT2D eigenvalue weighted by molar-refractivity contribution is -0.133.